The maximum Gasteiger partial charge on any atom is 0.410 e. The van der Waals surface area contributed by atoms with Crippen LogP contribution in [0.3, 0.4) is 0 Å². The Balaban J connectivity index is 1.76. The number of ether oxygens (including phenoxy) is 1. The summed E-state index contributed by atoms with van der Waals surface area (Å²) in [6.45, 7) is 10.6. The van der Waals surface area contributed by atoms with Crippen LogP contribution in [0.1, 0.15) is 40.4 Å². The monoisotopic (exact) mass is 435 g/mol. The molecule has 3 rings (SSSR count). The summed E-state index contributed by atoms with van der Waals surface area (Å²) in [5.74, 6) is 0.505. The second kappa shape index (κ2) is 8.07. The fourth-order valence-electron chi connectivity index (χ4n) is 3.55. The van der Waals surface area contributed by atoms with Crippen molar-refractivity contribution in [3.63, 3.8) is 0 Å². The lowest BCUT2D eigenvalue weighted by Crippen LogP contribution is -2.61. The first-order valence-electron chi connectivity index (χ1n) is 10.0. The molecule has 1 atom stereocenters. The lowest BCUT2D eigenvalue weighted by molar-refractivity contribution is -0.129. The molecular formula is C21H30ClN5O3. The highest BCUT2D eigenvalue weighted by Crippen LogP contribution is 2.25. The van der Waals surface area contributed by atoms with Gasteiger partial charge < -0.3 is 19.4 Å². The van der Waals surface area contributed by atoms with Crippen LogP contribution in [0.5, 0.6) is 0 Å². The Bertz CT molecular complexity index is 950. The minimum Gasteiger partial charge on any atom is -0.444 e. The summed E-state index contributed by atoms with van der Waals surface area (Å²) in [6.07, 6.45) is 3.17. The lowest BCUT2D eigenvalue weighted by atomic mass is 10.0. The normalized spacial score (nSPS) is 18.5. The first-order chi connectivity index (χ1) is 13.9. The van der Waals surface area contributed by atoms with Crippen LogP contribution in [0.25, 0.3) is 5.52 Å². The number of imidazole rings is 1. The van der Waals surface area contributed by atoms with Gasteiger partial charge in [0.25, 0.3) is 0 Å². The predicted molar refractivity (Wildman–Crippen MR) is 116 cm³/mol. The number of pyridine rings is 1. The highest BCUT2D eigenvalue weighted by Gasteiger charge is 2.37. The first-order valence-corrected chi connectivity index (χ1v) is 10.4. The van der Waals surface area contributed by atoms with Crippen molar-refractivity contribution in [1.29, 1.82) is 0 Å². The number of fused-ring (bicyclic) bond motifs is 1. The average molecular weight is 436 g/mol. The first kappa shape index (κ1) is 22.4. The van der Waals surface area contributed by atoms with Gasteiger partial charge in [-0.3, -0.25) is 9.69 Å². The molecule has 0 radical (unpaired) electrons. The molecule has 9 heteroatoms. The molecule has 1 fully saturated rings. The van der Waals surface area contributed by atoms with E-state index >= 15 is 0 Å². The van der Waals surface area contributed by atoms with Crippen molar-refractivity contribution in [2.24, 2.45) is 0 Å². The Morgan fingerprint density at radius 2 is 1.93 bits per heavy atom. The van der Waals surface area contributed by atoms with Crippen LogP contribution in [-0.4, -0.2) is 69.5 Å². The molecule has 0 aliphatic carbocycles. The molecule has 2 aromatic rings. The van der Waals surface area contributed by atoms with E-state index in [1.54, 1.807) is 17.2 Å². The smallest absolute Gasteiger partial charge is 0.410 e. The van der Waals surface area contributed by atoms with Gasteiger partial charge in [-0.05, 0) is 53.8 Å². The van der Waals surface area contributed by atoms with Gasteiger partial charge in [0.1, 0.15) is 17.5 Å². The molecule has 8 nitrogen and oxygen atoms in total. The average Bonchev–Trinajstić information content (AvgIpc) is 3.06. The maximum atomic E-state index is 13.2. The third kappa shape index (κ3) is 4.70. The number of nitrogens with zero attached hydrogens (tertiary/aromatic N) is 4. The van der Waals surface area contributed by atoms with E-state index in [1.807, 2.05) is 63.2 Å². The fourth-order valence-corrected chi connectivity index (χ4v) is 3.76. The zero-order chi connectivity index (χ0) is 22.3. The van der Waals surface area contributed by atoms with E-state index in [0.29, 0.717) is 23.9 Å². The number of hydrogen-bond donors (Lipinski definition) is 1. The van der Waals surface area contributed by atoms with Crippen molar-refractivity contribution in [3.8, 4) is 0 Å². The summed E-state index contributed by atoms with van der Waals surface area (Å²) >= 11 is 6.25. The van der Waals surface area contributed by atoms with Gasteiger partial charge in [-0.2, -0.15) is 0 Å². The van der Waals surface area contributed by atoms with Gasteiger partial charge in [-0.25, -0.2) is 9.78 Å². The predicted octanol–water partition coefficient (Wildman–Crippen LogP) is 2.89. The molecule has 30 heavy (non-hydrogen) atoms. The number of piperazine rings is 1. The van der Waals surface area contributed by atoms with Gasteiger partial charge in [0, 0.05) is 25.8 Å². The SMILES string of the molecule is CN1CCN(C(=O)OC(C)(C)C)C[C@@H]1C(=O)NC(C)(C)c1ncc2c(Cl)cccn12. The zero-order valence-electron chi connectivity index (χ0n) is 18.4. The van der Waals surface area contributed by atoms with Gasteiger partial charge in [0.05, 0.1) is 22.3 Å². The van der Waals surface area contributed by atoms with Crippen LogP contribution in [0.4, 0.5) is 4.79 Å². The molecule has 2 aromatic heterocycles. The third-order valence-corrected chi connectivity index (χ3v) is 5.44. The Morgan fingerprint density at radius 1 is 1.23 bits per heavy atom. The Labute approximate surface area is 182 Å². The van der Waals surface area contributed by atoms with E-state index in [-0.39, 0.29) is 12.5 Å². The van der Waals surface area contributed by atoms with Crippen LogP contribution in [-0.2, 0) is 15.1 Å². The quantitative estimate of drug-likeness (QED) is 0.801. The molecule has 0 unspecified atom stereocenters. The van der Waals surface area contributed by atoms with Crippen molar-refractivity contribution in [1.82, 2.24) is 24.5 Å². The largest absolute Gasteiger partial charge is 0.444 e. The van der Waals surface area contributed by atoms with Crippen molar-refractivity contribution in [2.75, 3.05) is 26.7 Å². The number of hydrogen-bond acceptors (Lipinski definition) is 5. The van der Waals surface area contributed by atoms with Crippen molar-refractivity contribution in [2.45, 2.75) is 51.8 Å². The molecule has 1 saturated heterocycles. The number of halogens is 1. The molecule has 0 saturated carbocycles. The molecule has 1 aliphatic rings. The summed E-state index contributed by atoms with van der Waals surface area (Å²) in [5.41, 5.74) is -0.547. The second-order valence-corrected chi connectivity index (χ2v) is 9.64. The number of carbonyl (C=O) groups excluding carboxylic acids is 2. The molecule has 0 bridgehead atoms. The number of carbonyl (C=O) groups is 2. The number of rotatable bonds is 3. The standard InChI is InChI=1S/C21H30ClN5O3/c1-20(2,3)30-19(29)26-11-10-25(6)16(13-26)17(28)24-21(4,5)18-23-12-15-14(22)8-7-9-27(15)18/h7-9,12,16H,10-11,13H2,1-6H3,(H,24,28)/t16-/m1/s1. The Hall–Kier alpha value is -2.32. The minimum absolute atomic E-state index is 0.172. The van der Waals surface area contributed by atoms with Gasteiger partial charge in [-0.15, -0.1) is 0 Å². The minimum atomic E-state index is -0.747. The number of likely N-dealkylation sites (N-methyl/N-ethyl adjacent to an activating group) is 1. The van der Waals surface area contributed by atoms with Crippen molar-refractivity contribution in [3.05, 3.63) is 35.4 Å². The molecule has 1 N–H and O–H groups in total. The second-order valence-electron chi connectivity index (χ2n) is 9.23. The zero-order valence-corrected chi connectivity index (χ0v) is 19.2. The molecule has 0 spiro atoms. The van der Waals surface area contributed by atoms with Crippen molar-refractivity contribution < 1.29 is 14.3 Å². The summed E-state index contributed by atoms with van der Waals surface area (Å²) in [6, 6.07) is 3.16. The summed E-state index contributed by atoms with van der Waals surface area (Å²) in [5, 5.41) is 3.69. The number of nitrogens with one attached hydrogen (secondary N) is 1. The van der Waals surface area contributed by atoms with Crippen molar-refractivity contribution >= 4 is 29.1 Å². The van der Waals surface area contributed by atoms with Gasteiger partial charge in [0.15, 0.2) is 0 Å². The van der Waals surface area contributed by atoms with Crippen LogP contribution in [0, 0.1) is 0 Å². The molecule has 164 valence electrons. The number of aromatic nitrogens is 2. The summed E-state index contributed by atoms with van der Waals surface area (Å²) < 4.78 is 7.35. The van der Waals surface area contributed by atoms with Gasteiger partial charge in [0.2, 0.25) is 5.91 Å². The topological polar surface area (TPSA) is 79.2 Å². The van der Waals surface area contributed by atoms with Crippen LogP contribution in [0.2, 0.25) is 5.02 Å². The summed E-state index contributed by atoms with van der Waals surface area (Å²) in [4.78, 5) is 33.7. The maximum absolute atomic E-state index is 13.2. The van der Waals surface area contributed by atoms with E-state index in [9.17, 15) is 9.59 Å². The Morgan fingerprint density at radius 3 is 2.60 bits per heavy atom. The van der Waals surface area contributed by atoms with Gasteiger partial charge >= 0.3 is 6.09 Å². The van der Waals surface area contributed by atoms with Crippen LogP contribution in [0.15, 0.2) is 24.5 Å². The molecular weight excluding hydrogens is 406 g/mol. The lowest BCUT2D eigenvalue weighted by Gasteiger charge is -2.40. The Kier molecular flexibility index (Phi) is 6.02. The third-order valence-electron chi connectivity index (χ3n) is 5.12. The van der Waals surface area contributed by atoms with E-state index in [2.05, 4.69) is 10.3 Å². The highest BCUT2D eigenvalue weighted by molar-refractivity contribution is 6.33. The molecule has 0 aromatic carbocycles. The van der Waals surface area contributed by atoms with Crippen LogP contribution >= 0.6 is 11.6 Å². The molecule has 3 heterocycles. The number of amides is 2. The highest BCUT2D eigenvalue weighted by atomic mass is 35.5. The van der Waals surface area contributed by atoms with Crippen LogP contribution < -0.4 is 5.32 Å². The van der Waals surface area contributed by atoms with E-state index in [4.69, 9.17) is 16.3 Å². The van der Waals surface area contributed by atoms with E-state index in [1.165, 1.54) is 0 Å². The van der Waals surface area contributed by atoms with Gasteiger partial charge in [-0.1, -0.05) is 11.6 Å². The molecule has 1 aliphatic heterocycles. The van der Waals surface area contributed by atoms with E-state index in [0.717, 1.165) is 5.52 Å². The summed E-state index contributed by atoms with van der Waals surface area (Å²) in [7, 11) is 1.88. The molecule has 2 amide bonds. The van der Waals surface area contributed by atoms with E-state index < -0.39 is 23.3 Å². The fraction of sp³-hybridized carbons (Fsp3) is 0.571.